The van der Waals surface area contributed by atoms with Gasteiger partial charge in [-0.05, 0) is 29.0 Å². The first-order chi connectivity index (χ1) is 15.9. The van der Waals surface area contributed by atoms with Gasteiger partial charge in [0.1, 0.15) is 16.9 Å². The average molecular weight is 409 g/mol. The average Bonchev–Trinajstić information content (AvgIpc) is 3.37. The van der Waals surface area contributed by atoms with E-state index in [0.717, 1.165) is 0 Å². The predicted octanol–water partition coefficient (Wildman–Crippen LogP) is 7.28. The molecule has 0 saturated heterocycles. The van der Waals surface area contributed by atoms with E-state index in [-0.39, 0.29) is 6.17 Å². The third kappa shape index (κ3) is 1.73. The van der Waals surface area contributed by atoms with Gasteiger partial charge in [0.25, 0.3) is 0 Å². The number of aromatic nitrogens is 1. The number of hydrogen-bond donors (Lipinski definition) is 0. The zero-order chi connectivity index (χ0) is 20.9. The van der Waals surface area contributed by atoms with Crippen LogP contribution in [0.2, 0.25) is 0 Å². The van der Waals surface area contributed by atoms with Crippen molar-refractivity contribution in [3.8, 4) is 0 Å². The van der Waals surface area contributed by atoms with Gasteiger partial charge in [0.05, 0.1) is 10.8 Å². The van der Waals surface area contributed by atoms with Crippen molar-refractivity contribution in [2.24, 2.45) is 0 Å². The Balaban J connectivity index is 1.68. The highest BCUT2D eigenvalue weighted by molar-refractivity contribution is 6.18. The second-order valence-corrected chi connectivity index (χ2v) is 8.95. The molecule has 0 bridgehead atoms. The first kappa shape index (κ1) is 16.7. The molecule has 2 aliphatic rings. The minimum absolute atomic E-state index is 0.129. The minimum atomic E-state index is 0.129. The Morgan fingerprint density at radius 3 is 1.97 bits per heavy atom. The van der Waals surface area contributed by atoms with Crippen molar-refractivity contribution in [1.29, 1.82) is 0 Å². The SMILES string of the molecule is c1ccc([N+]2(c3ccccc3)c3cccc4cc5ccc6ccc[n+]7c6c5c(c34)C72)cc1. The fourth-order valence-corrected chi connectivity index (χ4v) is 6.46. The van der Waals surface area contributed by atoms with Gasteiger partial charge in [0.15, 0.2) is 11.9 Å². The molecule has 1 atom stereocenters. The summed E-state index contributed by atoms with van der Waals surface area (Å²) in [6, 6.07) is 40.3. The van der Waals surface area contributed by atoms with Crippen LogP contribution in [-0.2, 0) is 0 Å². The summed E-state index contributed by atoms with van der Waals surface area (Å²) in [4.78, 5) is 0. The topological polar surface area (TPSA) is 3.88 Å². The lowest BCUT2D eigenvalue weighted by molar-refractivity contribution is -0.697. The largest absolute Gasteiger partial charge is 0.327 e. The fraction of sp³-hybridized carbons (Fsp3) is 0.0333. The Morgan fingerprint density at radius 2 is 1.22 bits per heavy atom. The van der Waals surface area contributed by atoms with Crippen LogP contribution < -0.4 is 9.05 Å². The normalized spacial score (nSPS) is 17.3. The molecule has 0 spiro atoms. The van der Waals surface area contributed by atoms with Crippen LogP contribution in [0, 0.1) is 0 Å². The molecule has 1 aromatic heterocycles. The summed E-state index contributed by atoms with van der Waals surface area (Å²) in [7, 11) is 0. The van der Waals surface area contributed by atoms with Crippen molar-refractivity contribution in [1.82, 2.24) is 4.48 Å². The molecule has 0 aliphatic carbocycles. The Labute approximate surface area is 185 Å². The highest BCUT2D eigenvalue weighted by Gasteiger charge is 2.60. The van der Waals surface area contributed by atoms with E-state index in [2.05, 4.69) is 120 Å². The maximum absolute atomic E-state index is 2.53. The van der Waals surface area contributed by atoms with E-state index >= 15 is 0 Å². The van der Waals surface area contributed by atoms with Crippen LogP contribution >= 0.6 is 0 Å². The van der Waals surface area contributed by atoms with Crippen molar-refractivity contribution < 1.29 is 4.57 Å². The summed E-state index contributed by atoms with van der Waals surface area (Å²) in [5.74, 6) is 0. The van der Waals surface area contributed by atoms with Crippen LogP contribution in [0.3, 0.4) is 0 Å². The van der Waals surface area contributed by atoms with Crippen LogP contribution in [0.1, 0.15) is 11.7 Å². The smallest absolute Gasteiger partial charge is 0.164 e. The van der Waals surface area contributed by atoms with Crippen molar-refractivity contribution >= 4 is 49.5 Å². The molecular weight excluding hydrogens is 388 g/mol. The Morgan fingerprint density at radius 1 is 0.562 bits per heavy atom. The van der Waals surface area contributed by atoms with Crippen molar-refractivity contribution in [2.45, 2.75) is 6.17 Å². The molecule has 2 nitrogen and oxygen atoms in total. The molecule has 0 fully saturated rings. The summed E-state index contributed by atoms with van der Waals surface area (Å²) >= 11 is 0. The molecule has 32 heavy (non-hydrogen) atoms. The van der Waals surface area contributed by atoms with E-state index in [0.29, 0.717) is 4.48 Å². The van der Waals surface area contributed by atoms with Crippen LogP contribution in [0.25, 0.3) is 32.4 Å². The van der Waals surface area contributed by atoms with Crippen molar-refractivity contribution in [3.63, 3.8) is 0 Å². The number of rotatable bonds is 2. The van der Waals surface area contributed by atoms with Gasteiger partial charge in [-0.3, -0.25) is 0 Å². The van der Waals surface area contributed by atoms with E-state index in [1.165, 1.54) is 55.1 Å². The van der Waals surface area contributed by atoms with Gasteiger partial charge >= 0.3 is 6.17 Å². The molecule has 0 saturated carbocycles. The maximum Gasteiger partial charge on any atom is 0.327 e. The third-order valence-corrected chi connectivity index (χ3v) is 7.54. The predicted molar refractivity (Wildman–Crippen MR) is 131 cm³/mol. The number of quaternary nitrogens is 1. The number of para-hydroxylation sites is 2. The van der Waals surface area contributed by atoms with Gasteiger partial charge in [-0.15, -0.1) is 4.57 Å². The maximum atomic E-state index is 2.53. The Bertz CT molecular complexity index is 1680. The van der Waals surface area contributed by atoms with Gasteiger partial charge in [-0.1, -0.05) is 54.6 Å². The molecule has 0 amide bonds. The van der Waals surface area contributed by atoms with Gasteiger partial charge in [-0.2, -0.15) is 4.48 Å². The molecule has 2 heteroatoms. The highest BCUT2D eigenvalue weighted by atomic mass is 15.5. The van der Waals surface area contributed by atoms with Gasteiger partial charge in [-0.25, -0.2) is 0 Å². The highest BCUT2D eigenvalue weighted by Crippen LogP contribution is 2.61. The number of benzene rings is 5. The van der Waals surface area contributed by atoms with Crippen LogP contribution in [0.4, 0.5) is 17.1 Å². The number of pyridine rings is 1. The summed E-state index contributed by atoms with van der Waals surface area (Å²) < 4.78 is 3.21. The molecule has 6 aromatic rings. The molecule has 3 heterocycles. The quantitative estimate of drug-likeness (QED) is 0.123. The lowest BCUT2D eigenvalue weighted by Crippen LogP contribution is -2.54. The van der Waals surface area contributed by atoms with E-state index in [1.807, 2.05) is 0 Å². The first-order valence-corrected chi connectivity index (χ1v) is 11.2. The second-order valence-electron chi connectivity index (χ2n) is 8.95. The second kappa shape index (κ2) is 5.61. The Kier molecular flexibility index (Phi) is 2.92. The van der Waals surface area contributed by atoms with Gasteiger partial charge < -0.3 is 0 Å². The molecule has 148 valence electrons. The lowest BCUT2D eigenvalue weighted by Gasteiger charge is -2.35. The summed E-state index contributed by atoms with van der Waals surface area (Å²) in [5.41, 5.74) is 6.77. The standard InChI is InChI=1S/C30H20N2/c1-3-11-23(12-4-1)32(24-13-5-2-6-14-24)25-15-7-9-21-19-22-17-16-20-10-8-18-31-29(20)27(22)28(26(21)25)30(31)32/h1-19,30H/q+2. The monoisotopic (exact) mass is 408 g/mol. The van der Waals surface area contributed by atoms with Gasteiger partial charge in [0.2, 0.25) is 5.52 Å². The molecular formula is C30H20N2+2. The third-order valence-electron chi connectivity index (χ3n) is 7.54. The van der Waals surface area contributed by atoms with E-state index in [1.54, 1.807) is 0 Å². The van der Waals surface area contributed by atoms with Crippen molar-refractivity contribution in [2.75, 3.05) is 0 Å². The molecule has 0 N–H and O–H groups in total. The van der Waals surface area contributed by atoms with Crippen molar-refractivity contribution in [3.05, 3.63) is 121 Å². The van der Waals surface area contributed by atoms with Crippen LogP contribution in [0.5, 0.6) is 0 Å². The molecule has 0 radical (unpaired) electrons. The fourth-order valence-electron chi connectivity index (χ4n) is 6.46. The summed E-state index contributed by atoms with van der Waals surface area (Å²) in [6.45, 7) is 0. The molecule has 1 unspecified atom stereocenters. The van der Waals surface area contributed by atoms with Crippen LogP contribution in [0.15, 0.2) is 115 Å². The summed E-state index contributed by atoms with van der Waals surface area (Å²) in [5, 5.41) is 6.80. The number of nitrogens with zero attached hydrogens (tertiary/aromatic N) is 2. The molecule has 5 aromatic carbocycles. The first-order valence-electron chi connectivity index (χ1n) is 11.2. The number of fused-ring (bicyclic) bond motifs is 1. The van der Waals surface area contributed by atoms with E-state index < -0.39 is 0 Å². The van der Waals surface area contributed by atoms with Gasteiger partial charge in [0, 0.05) is 41.8 Å². The van der Waals surface area contributed by atoms with Crippen LogP contribution in [-0.4, -0.2) is 0 Å². The zero-order valence-electron chi connectivity index (χ0n) is 17.4. The molecule has 2 aliphatic heterocycles. The lowest BCUT2D eigenvalue weighted by atomic mass is 9.97. The van der Waals surface area contributed by atoms with E-state index in [9.17, 15) is 0 Å². The number of hydrogen-bond acceptors (Lipinski definition) is 0. The van der Waals surface area contributed by atoms with E-state index in [4.69, 9.17) is 0 Å². The molecule has 8 rings (SSSR count). The minimum Gasteiger partial charge on any atom is -0.164 e. The Hall–Kier alpha value is -4.01. The summed E-state index contributed by atoms with van der Waals surface area (Å²) in [6.07, 6.45) is 2.41. The zero-order valence-corrected chi connectivity index (χ0v) is 17.4.